The molecule has 7 nitrogen and oxygen atoms in total. The van der Waals surface area contributed by atoms with Crippen LogP contribution in [0.4, 0.5) is 0 Å². The van der Waals surface area contributed by atoms with Crippen LogP contribution in [0.2, 0.25) is 0 Å². The molecule has 0 N–H and O–H groups in total. The number of amides is 1. The van der Waals surface area contributed by atoms with E-state index in [2.05, 4.69) is 10.1 Å². The fraction of sp³-hybridized carbons (Fsp3) is 0.429. The number of hydrogen-bond acceptors (Lipinski definition) is 5. The number of carbonyl (C=O) groups excluding carboxylic acids is 2. The molecule has 0 aliphatic rings. The molecule has 0 unspecified atom stereocenters. The summed E-state index contributed by atoms with van der Waals surface area (Å²) in [7, 11) is 1.55. The topological polar surface area (TPSA) is 76.8 Å². The predicted octanol–water partition coefficient (Wildman–Crippen LogP) is 0.981. The number of ether oxygens (including phenoxy) is 1. The van der Waals surface area contributed by atoms with E-state index >= 15 is 0 Å². The van der Waals surface area contributed by atoms with Gasteiger partial charge in [-0.25, -0.2) is 9.50 Å². The first kappa shape index (κ1) is 15.0. The monoisotopic (exact) mass is 290 g/mol. The molecule has 0 radical (unpaired) electrons. The van der Waals surface area contributed by atoms with Crippen LogP contribution in [0.5, 0.6) is 0 Å². The first-order chi connectivity index (χ1) is 9.93. The molecule has 2 aromatic heterocycles. The quantitative estimate of drug-likeness (QED) is 0.785. The van der Waals surface area contributed by atoms with Crippen molar-refractivity contribution in [1.29, 1.82) is 0 Å². The second-order valence-corrected chi connectivity index (χ2v) is 4.80. The van der Waals surface area contributed by atoms with Gasteiger partial charge in [0.2, 0.25) is 0 Å². The fourth-order valence-corrected chi connectivity index (χ4v) is 2.10. The SMILES string of the molecule is CCOC(=O)CN(C)C(=O)c1cnn2c(C)cc(C)nc12. The van der Waals surface area contributed by atoms with Gasteiger partial charge in [0.25, 0.3) is 5.91 Å². The Morgan fingerprint density at radius 1 is 1.38 bits per heavy atom. The molecule has 0 saturated carbocycles. The minimum Gasteiger partial charge on any atom is -0.465 e. The zero-order chi connectivity index (χ0) is 15.6. The number of likely N-dealkylation sites (N-methyl/N-ethyl adjacent to an activating group) is 1. The van der Waals surface area contributed by atoms with Crippen molar-refractivity contribution in [3.63, 3.8) is 0 Å². The summed E-state index contributed by atoms with van der Waals surface area (Å²) in [5.74, 6) is -0.749. The molecular weight excluding hydrogens is 272 g/mol. The number of aryl methyl sites for hydroxylation is 2. The number of aromatic nitrogens is 3. The summed E-state index contributed by atoms with van der Waals surface area (Å²) in [6, 6.07) is 1.89. The summed E-state index contributed by atoms with van der Waals surface area (Å²) in [4.78, 5) is 29.5. The van der Waals surface area contributed by atoms with Gasteiger partial charge in [-0.3, -0.25) is 9.59 Å². The van der Waals surface area contributed by atoms with Gasteiger partial charge in [-0.2, -0.15) is 5.10 Å². The highest BCUT2D eigenvalue weighted by atomic mass is 16.5. The van der Waals surface area contributed by atoms with Crippen molar-refractivity contribution in [1.82, 2.24) is 19.5 Å². The lowest BCUT2D eigenvalue weighted by Gasteiger charge is -2.15. The van der Waals surface area contributed by atoms with Gasteiger partial charge in [0.05, 0.1) is 12.8 Å². The van der Waals surface area contributed by atoms with E-state index < -0.39 is 5.97 Å². The first-order valence-corrected chi connectivity index (χ1v) is 6.67. The summed E-state index contributed by atoms with van der Waals surface area (Å²) in [5, 5.41) is 4.17. The molecule has 0 fully saturated rings. The maximum atomic E-state index is 12.4. The Kier molecular flexibility index (Phi) is 4.21. The van der Waals surface area contributed by atoms with Crippen molar-refractivity contribution in [2.24, 2.45) is 0 Å². The van der Waals surface area contributed by atoms with E-state index in [1.807, 2.05) is 19.9 Å². The molecule has 112 valence electrons. The van der Waals surface area contributed by atoms with Crippen LogP contribution in [0.15, 0.2) is 12.3 Å². The molecule has 2 heterocycles. The average molecular weight is 290 g/mol. The van der Waals surface area contributed by atoms with E-state index in [-0.39, 0.29) is 19.1 Å². The van der Waals surface area contributed by atoms with Crippen molar-refractivity contribution >= 4 is 17.5 Å². The van der Waals surface area contributed by atoms with E-state index in [4.69, 9.17) is 4.74 Å². The van der Waals surface area contributed by atoms with Crippen molar-refractivity contribution in [2.45, 2.75) is 20.8 Å². The molecule has 2 rings (SSSR count). The molecule has 0 bridgehead atoms. The van der Waals surface area contributed by atoms with Crippen LogP contribution in [-0.2, 0) is 9.53 Å². The third-order valence-electron chi connectivity index (χ3n) is 3.03. The van der Waals surface area contributed by atoms with Gasteiger partial charge in [0.15, 0.2) is 5.65 Å². The predicted molar refractivity (Wildman–Crippen MR) is 76.1 cm³/mol. The molecule has 0 aliphatic carbocycles. The maximum absolute atomic E-state index is 12.4. The standard InChI is InChI=1S/C14H18N4O3/c1-5-21-12(19)8-17(4)14(20)11-7-15-18-10(3)6-9(2)16-13(11)18/h6-7H,5,8H2,1-4H3. The lowest BCUT2D eigenvalue weighted by molar-refractivity contribution is -0.143. The molecular formula is C14H18N4O3. The minimum absolute atomic E-state index is 0.102. The molecule has 0 aromatic carbocycles. The minimum atomic E-state index is -0.440. The third-order valence-corrected chi connectivity index (χ3v) is 3.03. The number of esters is 1. The molecule has 21 heavy (non-hydrogen) atoms. The zero-order valence-corrected chi connectivity index (χ0v) is 12.6. The van der Waals surface area contributed by atoms with Crippen LogP contribution >= 0.6 is 0 Å². The van der Waals surface area contributed by atoms with Gasteiger partial charge < -0.3 is 9.64 Å². The van der Waals surface area contributed by atoms with Crippen LogP contribution in [0.1, 0.15) is 28.7 Å². The largest absolute Gasteiger partial charge is 0.465 e. The first-order valence-electron chi connectivity index (χ1n) is 6.67. The number of rotatable bonds is 4. The Bertz CT molecular complexity index is 693. The normalized spacial score (nSPS) is 10.7. The highest BCUT2D eigenvalue weighted by Crippen LogP contribution is 2.13. The molecule has 0 aliphatic heterocycles. The second-order valence-electron chi connectivity index (χ2n) is 4.80. The van der Waals surface area contributed by atoms with Crippen LogP contribution in [-0.4, -0.2) is 51.6 Å². The Labute approximate surface area is 122 Å². The van der Waals surface area contributed by atoms with Crippen LogP contribution < -0.4 is 0 Å². The molecule has 0 spiro atoms. The van der Waals surface area contributed by atoms with Gasteiger partial charge in [0.1, 0.15) is 12.1 Å². The second kappa shape index (κ2) is 5.90. The van der Waals surface area contributed by atoms with Crippen LogP contribution in [0, 0.1) is 13.8 Å². The van der Waals surface area contributed by atoms with E-state index in [0.29, 0.717) is 11.2 Å². The molecule has 0 saturated heterocycles. The molecule has 2 aromatic rings. The smallest absolute Gasteiger partial charge is 0.325 e. The zero-order valence-electron chi connectivity index (χ0n) is 12.6. The summed E-state index contributed by atoms with van der Waals surface area (Å²) in [6.07, 6.45) is 1.47. The highest BCUT2D eigenvalue weighted by molar-refractivity contribution is 6.00. The lowest BCUT2D eigenvalue weighted by atomic mass is 10.2. The third kappa shape index (κ3) is 3.01. The van der Waals surface area contributed by atoms with Gasteiger partial charge in [-0.15, -0.1) is 0 Å². The van der Waals surface area contributed by atoms with Gasteiger partial charge >= 0.3 is 5.97 Å². The van der Waals surface area contributed by atoms with Gasteiger partial charge in [-0.1, -0.05) is 0 Å². The Balaban J connectivity index is 2.29. The lowest BCUT2D eigenvalue weighted by Crippen LogP contribution is -2.33. The number of fused-ring (bicyclic) bond motifs is 1. The fourth-order valence-electron chi connectivity index (χ4n) is 2.10. The Hall–Kier alpha value is -2.44. The van der Waals surface area contributed by atoms with Gasteiger partial charge in [-0.05, 0) is 26.8 Å². The van der Waals surface area contributed by atoms with E-state index in [9.17, 15) is 9.59 Å². The van der Waals surface area contributed by atoms with E-state index in [1.54, 1.807) is 18.5 Å². The van der Waals surface area contributed by atoms with Crippen molar-refractivity contribution < 1.29 is 14.3 Å². The molecule has 1 amide bonds. The maximum Gasteiger partial charge on any atom is 0.325 e. The van der Waals surface area contributed by atoms with E-state index in [1.165, 1.54) is 11.1 Å². The molecule has 7 heteroatoms. The Morgan fingerprint density at radius 3 is 2.76 bits per heavy atom. The number of hydrogen-bond donors (Lipinski definition) is 0. The van der Waals surface area contributed by atoms with Crippen LogP contribution in [0.25, 0.3) is 5.65 Å². The number of carbonyl (C=O) groups is 2. The summed E-state index contributed by atoms with van der Waals surface area (Å²) in [6.45, 7) is 5.66. The summed E-state index contributed by atoms with van der Waals surface area (Å²) >= 11 is 0. The highest BCUT2D eigenvalue weighted by Gasteiger charge is 2.21. The summed E-state index contributed by atoms with van der Waals surface area (Å²) in [5.41, 5.74) is 2.56. The molecule has 0 atom stereocenters. The van der Waals surface area contributed by atoms with Gasteiger partial charge in [0, 0.05) is 18.4 Å². The average Bonchev–Trinajstić information content (AvgIpc) is 2.81. The van der Waals surface area contributed by atoms with Crippen molar-refractivity contribution in [3.8, 4) is 0 Å². The van der Waals surface area contributed by atoms with E-state index in [0.717, 1.165) is 11.4 Å². The number of nitrogens with zero attached hydrogens (tertiary/aromatic N) is 4. The van der Waals surface area contributed by atoms with Crippen LogP contribution in [0.3, 0.4) is 0 Å². The van der Waals surface area contributed by atoms with Crippen molar-refractivity contribution in [3.05, 3.63) is 29.2 Å². The van der Waals surface area contributed by atoms with Crippen molar-refractivity contribution in [2.75, 3.05) is 20.2 Å². The Morgan fingerprint density at radius 2 is 2.10 bits per heavy atom. The summed E-state index contributed by atoms with van der Waals surface area (Å²) < 4.78 is 6.45.